The van der Waals surface area contributed by atoms with Crippen molar-refractivity contribution in [1.82, 2.24) is 5.32 Å². The molecule has 0 radical (unpaired) electrons. The summed E-state index contributed by atoms with van der Waals surface area (Å²) >= 11 is 2.30. The summed E-state index contributed by atoms with van der Waals surface area (Å²) in [4.78, 5) is 0. The van der Waals surface area contributed by atoms with E-state index >= 15 is 0 Å². The lowest BCUT2D eigenvalue weighted by Crippen LogP contribution is -2.61. The van der Waals surface area contributed by atoms with Crippen molar-refractivity contribution in [2.24, 2.45) is 0 Å². The zero-order valence-corrected chi connectivity index (χ0v) is 14.1. The van der Waals surface area contributed by atoms with Crippen molar-refractivity contribution in [3.63, 3.8) is 0 Å². The van der Waals surface area contributed by atoms with Crippen LogP contribution in [0.2, 0.25) is 0 Å². The van der Waals surface area contributed by atoms with Gasteiger partial charge in [-0.2, -0.15) is 0 Å². The topological polar surface area (TPSA) is 39.7 Å². The average molecular weight is 391 g/mol. The van der Waals surface area contributed by atoms with Gasteiger partial charge in [-0.25, -0.2) is 0 Å². The van der Waals surface area contributed by atoms with Crippen molar-refractivity contribution < 1.29 is 14.2 Å². The predicted molar refractivity (Wildman–Crippen MR) is 87.3 cm³/mol. The summed E-state index contributed by atoms with van der Waals surface area (Å²) in [5.74, 6) is 0.938. The smallest absolute Gasteiger partial charge is 0.133 e. The van der Waals surface area contributed by atoms with Gasteiger partial charge >= 0.3 is 0 Å². The molecule has 3 atom stereocenters. The largest absolute Gasteiger partial charge is 0.486 e. The van der Waals surface area contributed by atoms with E-state index in [9.17, 15) is 0 Å². The Hall–Kier alpha value is -0.370. The lowest BCUT2D eigenvalue weighted by molar-refractivity contribution is -0.115. The summed E-state index contributed by atoms with van der Waals surface area (Å²) in [6.45, 7) is 4.28. The second-order valence-corrected chi connectivity index (χ2v) is 5.98. The van der Waals surface area contributed by atoms with Crippen LogP contribution in [0.15, 0.2) is 24.3 Å². The molecule has 0 heterocycles. The summed E-state index contributed by atoms with van der Waals surface area (Å²) in [5, 5.41) is 3.44. The van der Waals surface area contributed by atoms with Crippen LogP contribution in [0.3, 0.4) is 0 Å². The molecule has 3 unspecified atom stereocenters. The first-order valence-corrected chi connectivity index (χ1v) is 8.09. The number of likely N-dealkylation sites (N-methyl/N-ethyl adjacent to an activating group) is 1. The quantitative estimate of drug-likeness (QED) is 0.546. The Kier molecular flexibility index (Phi) is 6.54. The monoisotopic (exact) mass is 391 g/mol. The molecule has 4 nitrogen and oxygen atoms in total. The molecule has 112 valence electrons. The lowest BCUT2D eigenvalue weighted by Gasteiger charge is -2.44. The zero-order valence-electron chi connectivity index (χ0n) is 12.0. The Bertz CT molecular complexity index is 416. The molecule has 0 aromatic heterocycles. The minimum absolute atomic E-state index is 0.0982. The number of para-hydroxylation sites is 1. The molecule has 1 aromatic rings. The number of hydrogen-bond acceptors (Lipinski definition) is 4. The molecule has 1 aromatic carbocycles. The number of ether oxygens (including phenoxy) is 3. The van der Waals surface area contributed by atoms with Gasteiger partial charge in [0.2, 0.25) is 0 Å². The Morgan fingerprint density at radius 2 is 2.10 bits per heavy atom. The van der Waals surface area contributed by atoms with Crippen LogP contribution in [0.1, 0.15) is 13.3 Å². The Morgan fingerprint density at radius 3 is 2.80 bits per heavy atom. The highest BCUT2D eigenvalue weighted by Gasteiger charge is 2.43. The second kappa shape index (κ2) is 8.17. The van der Waals surface area contributed by atoms with Gasteiger partial charge in [-0.15, -0.1) is 0 Å². The van der Waals surface area contributed by atoms with Gasteiger partial charge in [-0.3, -0.25) is 0 Å². The van der Waals surface area contributed by atoms with Crippen LogP contribution in [0.25, 0.3) is 0 Å². The van der Waals surface area contributed by atoms with E-state index in [1.807, 2.05) is 18.2 Å². The van der Waals surface area contributed by atoms with Crippen LogP contribution in [0, 0.1) is 3.57 Å². The fraction of sp³-hybridized carbons (Fsp3) is 0.600. The summed E-state index contributed by atoms with van der Waals surface area (Å²) in [6.07, 6.45) is 1.20. The number of methoxy groups -OCH3 is 1. The number of benzene rings is 1. The van der Waals surface area contributed by atoms with E-state index in [-0.39, 0.29) is 12.2 Å². The number of hydrogen-bond donors (Lipinski definition) is 1. The van der Waals surface area contributed by atoms with E-state index in [1.54, 1.807) is 7.11 Å². The molecule has 0 spiro atoms. The summed E-state index contributed by atoms with van der Waals surface area (Å²) < 4.78 is 18.2. The molecule has 2 rings (SSSR count). The first-order chi connectivity index (χ1) is 9.76. The van der Waals surface area contributed by atoms with Crippen molar-refractivity contribution >= 4 is 22.6 Å². The zero-order chi connectivity index (χ0) is 14.4. The molecule has 0 bridgehead atoms. The van der Waals surface area contributed by atoms with E-state index in [2.05, 4.69) is 40.9 Å². The fourth-order valence-corrected chi connectivity index (χ4v) is 2.87. The standard InChI is InChI=1S/C15H22INO3/c1-3-17-12-10-14(15(12)19-9-8-18-2)20-13-7-5-4-6-11(13)16/h4-7,12,14-15,17H,3,8-10H2,1-2H3. The van der Waals surface area contributed by atoms with Gasteiger partial charge < -0.3 is 19.5 Å². The average Bonchev–Trinajstić information content (AvgIpc) is 2.44. The van der Waals surface area contributed by atoms with Gasteiger partial charge in [0.1, 0.15) is 18.0 Å². The molecule has 1 aliphatic rings. The predicted octanol–water partition coefficient (Wildman–Crippen LogP) is 2.45. The summed E-state index contributed by atoms with van der Waals surface area (Å²) in [7, 11) is 1.69. The van der Waals surface area contributed by atoms with Crippen molar-refractivity contribution in [3.05, 3.63) is 27.8 Å². The minimum Gasteiger partial charge on any atom is -0.486 e. The van der Waals surface area contributed by atoms with Gasteiger partial charge in [-0.1, -0.05) is 19.1 Å². The number of nitrogens with one attached hydrogen (secondary N) is 1. The Morgan fingerprint density at radius 1 is 1.30 bits per heavy atom. The lowest BCUT2D eigenvalue weighted by atomic mass is 9.85. The second-order valence-electron chi connectivity index (χ2n) is 4.81. The molecule has 0 amide bonds. The third kappa shape index (κ3) is 4.07. The van der Waals surface area contributed by atoms with Crippen LogP contribution in [-0.2, 0) is 9.47 Å². The third-order valence-corrected chi connectivity index (χ3v) is 4.32. The number of rotatable bonds is 8. The maximum atomic E-state index is 6.09. The molecule has 20 heavy (non-hydrogen) atoms. The molecule has 0 saturated heterocycles. The Labute approximate surface area is 134 Å². The first-order valence-electron chi connectivity index (χ1n) is 7.01. The minimum atomic E-state index is 0.0982. The highest BCUT2D eigenvalue weighted by atomic mass is 127. The third-order valence-electron chi connectivity index (χ3n) is 3.43. The van der Waals surface area contributed by atoms with E-state index in [1.165, 1.54) is 0 Å². The molecule has 1 fully saturated rings. The van der Waals surface area contributed by atoms with Crippen molar-refractivity contribution in [2.75, 3.05) is 26.9 Å². The maximum Gasteiger partial charge on any atom is 0.133 e. The van der Waals surface area contributed by atoms with E-state index in [0.29, 0.717) is 19.3 Å². The molecule has 1 aliphatic carbocycles. The molecule has 0 aliphatic heterocycles. The van der Waals surface area contributed by atoms with Crippen LogP contribution in [-0.4, -0.2) is 45.1 Å². The van der Waals surface area contributed by atoms with Gasteiger partial charge in [-0.05, 0) is 41.3 Å². The van der Waals surface area contributed by atoms with Crippen molar-refractivity contribution in [1.29, 1.82) is 0 Å². The van der Waals surface area contributed by atoms with E-state index in [0.717, 1.165) is 22.3 Å². The normalized spacial score (nSPS) is 25.2. The highest BCUT2D eigenvalue weighted by molar-refractivity contribution is 14.1. The first kappa shape index (κ1) is 16.0. The molecule has 5 heteroatoms. The molecular formula is C15H22INO3. The van der Waals surface area contributed by atoms with E-state index < -0.39 is 0 Å². The van der Waals surface area contributed by atoms with Gasteiger partial charge in [0.25, 0.3) is 0 Å². The SMILES string of the molecule is CCNC1CC(Oc2ccccc2I)C1OCCOC. The van der Waals surface area contributed by atoms with Gasteiger partial charge in [0.05, 0.1) is 16.8 Å². The van der Waals surface area contributed by atoms with Gasteiger partial charge in [0, 0.05) is 19.6 Å². The summed E-state index contributed by atoms with van der Waals surface area (Å²) in [6, 6.07) is 8.46. The van der Waals surface area contributed by atoms with Crippen LogP contribution < -0.4 is 10.1 Å². The van der Waals surface area contributed by atoms with Crippen molar-refractivity contribution in [3.8, 4) is 5.75 Å². The Balaban J connectivity index is 1.91. The van der Waals surface area contributed by atoms with Crippen LogP contribution in [0.5, 0.6) is 5.75 Å². The van der Waals surface area contributed by atoms with Crippen LogP contribution >= 0.6 is 22.6 Å². The molecule has 1 saturated carbocycles. The van der Waals surface area contributed by atoms with Gasteiger partial charge in [0.15, 0.2) is 0 Å². The number of halogens is 1. The van der Waals surface area contributed by atoms with Crippen molar-refractivity contribution in [2.45, 2.75) is 31.6 Å². The van der Waals surface area contributed by atoms with Crippen LogP contribution in [0.4, 0.5) is 0 Å². The maximum absolute atomic E-state index is 6.09. The summed E-state index contributed by atoms with van der Waals surface area (Å²) in [5.41, 5.74) is 0. The highest BCUT2D eigenvalue weighted by Crippen LogP contribution is 2.31. The van der Waals surface area contributed by atoms with E-state index in [4.69, 9.17) is 14.2 Å². The fourth-order valence-electron chi connectivity index (χ4n) is 2.35. The molecule has 1 N–H and O–H groups in total. The molecular weight excluding hydrogens is 369 g/mol.